The van der Waals surface area contributed by atoms with Crippen LogP contribution < -0.4 is 5.32 Å². The van der Waals surface area contributed by atoms with Crippen molar-refractivity contribution in [3.8, 4) is 0 Å². The van der Waals surface area contributed by atoms with E-state index in [1.165, 1.54) is 0 Å². The summed E-state index contributed by atoms with van der Waals surface area (Å²) >= 11 is 0. The molecule has 0 spiro atoms. The van der Waals surface area contributed by atoms with Gasteiger partial charge in [-0.3, -0.25) is 14.4 Å². The molecule has 1 amide bonds. The van der Waals surface area contributed by atoms with E-state index in [0.717, 1.165) is 57.8 Å². The van der Waals surface area contributed by atoms with Crippen LogP contribution in [0.3, 0.4) is 0 Å². The van der Waals surface area contributed by atoms with E-state index in [2.05, 4.69) is 18.3 Å². The lowest BCUT2D eigenvalue weighted by molar-refractivity contribution is -0.155. The zero-order valence-corrected chi connectivity index (χ0v) is 19.4. The van der Waals surface area contributed by atoms with Crippen LogP contribution in [-0.2, 0) is 19.1 Å². The van der Waals surface area contributed by atoms with Crippen molar-refractivity contribution in [2.45, 2.75) is 115 Å². The molecule has 7 nitrogen and oxygen atoms in total. The first-order chi connectivity index (χ1) is 14.9. The van der Waals surface area contributed by atoms with Crippen LogP contribution in [0.2, 0.25) is 0 Å². The van der Waals surface area contributed by atoms with Crippen LogP contribution in [0.25, 0.3) is 0 Å². The van der Waals surface area contributed by atoms with Gasteiger partial charge in [-0.05, 0) is 44.9 Å². The van der Waals surface area contributed by atoms with Crippen molar-refractivity contribution in [2.24, 2.45) is 0 Å². The Hall–Kier alpha value is -1.89. The highest BCUT2D eigenvalue weighted by Gasteiger charge is 2.22. The monoisotopic (exact) mass is 441 g/mol. The number of aliphatic carboxylic acids is 1. The maximum absolute atomic E-state index is 12.0. The predicted molar refractivity (Wildman–Crippen MR) is 122 cm³/mol. The van der Waals surface area contributed by atoms with E-state index >= 15 is 0 Å². The second kappa shape index (κ2) is 20.0. The number of allylic oxidation sites excluding steroid dienone is 1. The van der Waals surface area contributed by atoms with Gasteiger partial charge in [-0.25, -0.2) is 0 Å². The third-order valence-corrected chi connectivity index (χ3v) is 5.17. The lowest BCUT2D eigenvalue weighted by Crippen LogP contribution is -2.31. The zero-order valence-electron chi connectivity index (χ0n) is 19.4. The van der Waals surface area contributed by atoms with Crippen molar-refractivity contribution in [3.05, 3.63) is 12.2 Å². The minimum atomic E-state index is -0.929. The van der Waals surface area contributed by atoms with Gasteiger partial charge in [-0.1, -0.05) is 51.2 Å². The maximum atomic E-state index is 12.0. The number of carbonyl (C=O) groups excluding carboxylic acids is 2. The molecule has 0 heterocycles. The molecule has 0 saturated heterocycles. The summed E-state index contributed by atoms with van der Waals surface area (Å²) in [4.78, 5) is 33.7. The van der Waals surface area contributed by atoms with Crippen LogP contribution in [0, 0.1) is 0 Å². The lowest BCUT2D eigenvalue weighted by atomic mass is 10.0. The summed E-state index contributed by atoms with van der Waals surface area (Å²) in [6, 6.07) is 0. The highest BCUT2D eigenvalue weighted by Crippen LogP contribution is 2.16. The molecule has 0 aromatic carbocycles. The van der Waals surface area contributed by atoms with Crippen LogP contribution >= 0.6 is 0 Å². The summed E-state index contributed by atoms with van der Waals surface area (Å²) in [5.41, 5.74) is 0. The number of carboxylic acids is 1. The Morgan fingerprint density at radius 1 is 0.903 bits per heavy atom. The average molecular weight is 442 g/mol. The molecule has 0 aromatic heterocycles. The fourth-order valence-electron chi connectivity index (χ4n) is 3.25. The summed E-state index contributed by atoms with van der Waals surface area (Å²) in [6.45, 7) is 2.09. The third-order valence-electron chi connectivity index (χ3n) is 5.17. The van der Waals surface area contributed by atoms with Crippen LogP contribution in [0.5, 0.6) is 0 Å². The highest BCUT2D eigenvalue weighted by atomic mass is 16.6. The van der Waals surface area contributed by atoms with Crippen molar-refractivity contribution < 1.29 is 29.3 Å². The quantitative estimate of drug-likeness (QED) is 0.145. The Morgan fingerprint density at radius 3 is 2.29 bits per heavy atom. The smallest absolute Gasteiger partial charge is 0.306 e. The number of aliphatic hydroxyl groups is 1. The lowest BCUT2D eigenvalue weighted by Gasteiger charge is -2.22. The van der Waals surface area contributed by atoms with E-state index < -0.39 is 24.1 Å². The van der Waals surface area contributed by atoms with Crippen molar-refractivity contribution >= 4 is 17.8 Å². The van der Waals surface area contributed by atoms with Crippen molar-refractivity contribution in [2.75, 3.05) is 7.05 Å². The SMILES string of the molecule is CCCCCC(OC(=O)CCCC(=O)O)C(O)C/C=C\CCCCCCCC(=O)NC. The number of unbranched alkanes of at least 4 members (excludes halogenated alkanes) is 7. The number of ether oxygens (including phenoxy) is 1. The minimum absolute atomic E-state index is 0.0578. The molecule has 2 unspecified atom stereocenters. The normalized spacial score (nSPS) is 13.1. The number of aliphatic hydroxyl groups excluding tert-OH is 1. The van der Waals surface area contributed by atoms with E-state index in [4.69, 9.17) is 9.84 Å². The van der Waals surface area contributed by atoms with Gasteiger partial charge < -0.3 is 20.3 Å². The van der Waals surface area contributed by atoms with Crippen LogP contribution in [0.1, 0.15) is 103 Å². The summed E-state index contributed by atoms with van der Waals surface area (Å²) in [6.07, 6.45) is 13.8. The van der Waals surface area contributed by atoms with Gasteiger partial charge in [0.05, 0.1) is 6.10 Å². The first-order valence-electron chi connectivity index (χ1n) is 11.9. The maximum Gasteiger partial charge on any atom is 0.306 e. The van der Waals surface area contributed by atoms with Gasteiger partial charge in [0.25, 0.3) is 0 Å². The number of nitrogens with one attached hydrogen (secondary N) is 1. The van der Waals surface area contributed by atoms with Crippen LogP contribution in [-0.4, -0.2) is 47.3 Å². The number of rotatable bonds is 20. The molecule has 0 rings (SSSR count). The van der Waals surface area contributed by atoms with E-state index in [0.29, 0.717) is 19.3 Å². The highest BCUT2D eigenvalue weighted by molar-refractivity contribution is 5.75. The molecule has 3 N–H and O–H groups in total. The molecule has 0 saturated carbocycles. The summed E-state index contributed by atoms with van der Waals surface area (Å²) in [7, 11) is 1.66. The van der Waals surface area contributed by atoms with Crippen LogP contribution in [0.4, 0.5) is 0 Å². The standard InChI is InChI=1S/C24H43NO6/c1-3-4-11-16-21(31-24(30)19-14-18-23(28)29)20(26)15-12-9-7-5-6-8-10-13-17-22(27)25-2/h9,12,20-21,26H,3-8,10-11,13-19H2,1-2H3,(H,25,27)(H,28,29)/b12-9-. The van der Waals surface area contributed by atoms with Gasteiger partial charge in [0.15, 0.2) is 0 Å². The minimum Gasteiger partial charge on any atom is -0.481 e. The summed E-state index contributed by atoms with van der Waals surface area (Å²) in [5.74, 6) is -1.27. The number of amides is 1. The summed E-state index contributed by atoms with van der Waals surface area (Å²) < 4.78 is 5.45. The van der Waals surface area contributed by atoms with Crippen molar-refractivity contribution in [1.29, 1.82) is 0 Å². The largest absolute Gasteiger partial charge is 0.481 e. The van der Waals surface area contributed by atoms with E-state index in [9.17, 15) is 19.5 Å². The Kier molecular flexibility index (Phi) is 18.8. The van der Waals surface area contributed by atoms with Gasteiger partial charge in [-0.15, -0.1) is 0 Å². The average Bonchev–Trinajstić information content (AvgIpc) is 2.73. The molecular formula is C24H43NO6. The first kappa shape index (κ1) is 29.1. The van der Waals surface area contributed by atoms with Crippen molar-refractivity contribution in [1.82, 2.24) is 5.32 Å². The fraction of sp³-hybridized carbons (Fsp3) is 0.792. The number of carboxylic acid groups (broad SMARTS) is 1. The Morgan fingerprint density at radius 2 is 1.61 bits per heavy atom. The van der Waals surface area contributed by atoms with Gasteiger partial charge in [0, 0.05) is 26.3 Å². The fourth-order valence-corrected chi connectivity index (χ4v) is 3.25. The third kappa shape index (κ3) is 18.6. The van der Waals surface area contributed by atoms with E-state index in [1.54, 1.807) is 7.05 Å². The number of hydrogen-bond acceptors (Lipinski definition) is 5. The Labute approximate surface area is 187 Å². The van der Waals surface area contributed by atoms with Crippen LogP contribution in [0.15, 0.2) is 12.2 Å². The molecule has 0 aliphatic rings. The van der Waals surface area contributed by atoms with Gasteiger partial charge in [0.2, 0.25) is 5.91 Å². The molecule has 0 aromatic rings. The van der Waals surface area contributed by atoms with E-state index in [1.807, 2.05) is 6.08 Å². The van der Waals surface area contributed by atoms with Gasteiger partial charge in [0.1, 0.15) is 6.10 Å². The first-order valence-corrected chi connectivity index (χ1v) is 11.9. The van der Waals surface area contributed by atoms with Crippen molar-refractivity contribution in [3.63, 3.8) is 0 Å². The molecule has 0 radical (unpaired) electrons. The Balaban J connectivity index is 4.13. The molecule has 7 heteroatoms. The molecule has 0 fully saturated rings. The molecule has 31 heavy (non-hydrogen) atoms. The number of carbonyl (C=O) groups is 3. The second-order valence-electron chi connectivity index (χ2n) is 8.03. The molecule has 0 aliphatic carbocycles. The van der Waals surface area contributed by atoms with E-state index in [-0.39, 0.29) is 25.2 Å². The molecule has 2 atom stereocenters. The summed E-state index contributed by atoms with van der Waals surface area (Å²) in [5, 5.41) is 21.8. The zero-order chi connectivity index (χ0) is 23.3. The molecule has 0 bridgehead atoms. The van der Waals surface area contributed by atoms with Gasteiger partial charge in [-0.2, -0.15) is 0 Å². The predicted octanol–water partition coefficient (Wildman–Crippen LogP) is 4.52. The molecule has 0 aliphatic heterocycles. The molecule has 180 valence electrons. The van der Waals surface area contributed by atoms with Gasteiger partial charge >= 0.3 is 11.9 Å². The Bertz CT molecular complexity index is 520. The topological polar surface area (TPSA) is 113 Å². The number of esters is 1. The molecular weight excluding hydrogens is 398 g/mol. The number of hydrogen-bond donors (Lipinski definition) is 3. The second-order valence-corrected chi connectivity index (χ2v) is 8.03.